The number of nitriles is 1. The van der Waals surface area contributed by atoms with Crippen molar-refractivity contribution in [3.8, 4) is 11.8 Å². The molecular formula is C17H23N3O3. The molecule has 0 saturated heterocycles. The highest BCUT2D eigenvalue weighted by Gasteiger charge is 2.22. The van der Waals surface area contributed by atoms with Crippen LogP contribution in [0.15, 0.2) is 24.3 Å². The summed E-state index contributed by atoms with van der Waals surface area (Å²) in [6.45, 7) is 7.23. The fraction of sp³-hybridized carbons (Fsp3) is 0.471. The zero-order valence-electron chi connectivity index (χ0n) is 14.2. The zero-order chi connectivity index (χ0) is 17.6. The van der Waals surface area contributed by atoms with Crippen molar-refractivity contribution in [3.05, 3.63) is 29.8 Å². The molecule has 1 aromatic carbocycles. The van der Waals surface area contributed by atoms with Gasteiger partial charge in [0.2, 0.25) is 5.91 Å². The first-order valence-corrected chi connectivity index (χ1v) is 7.35. The van der Waals surface area contributed by atoms with Gasteiger partial charge in [0.15, 0.2) is 6.10 Å². The van der Waals surface area contributed by atoms with Crippen LogP contribution in [0.2, 0.25) is 0 Å². The Morgan fingerprint density at radius 1 is 1.30 bits per heavy atom. The second kappa shape index (κ2) is 7.63. The molecule has 0 heterocycles. The van der Waals surface area contributed by atoms with Crippen LogP contribution in [0.25, 0.3) is 0 Å². The maximum absolute atomic E-state index is 12.2. The molecular weight excluding hydrogens is 294 g/mol. The molecule has 2 amide bonds. The van der Waals surface area contributed by atoms with Crippen LogP contribution in [0, 0.1) is 11.3 Å². The summed E-state index contributed by atoms with van der Waals surface area (Å²) in [7, 11) is 1.56. The standard InChI is InChI=1S/C17H23N3O3/c1-12(23-14-8-6-13(10-18)7-9-14)16(22)20(5)11-15(21)19-17(2,3)4/h6-9,12H,11H2,1-5H3,(H,19,21). The number of nitrogens with zero attached hydrogens (tertiary/aromatic N) is 2. The van der Waals surface area contributed by atoms with E-state index in [1.54, 1.807) is 38.2 Å². The summed E-state index contributed by atoms with van der Waals surface area (Å²) in [5.74, 6) is -0.0188. The Hall–Kier alpha value is -2.55. The minimum atomic E-state index is -0.727. The third-order valence-electron chi connectivity index (χ3n) is 2.92. The first-order chi connectivity index (χ1) is 10.6. The van der Waals surface area contributed by atoms with E-state index in [1.807, 2.05) is 26.8 Å². The van der Waals surface area contributed by atoms with Crippen molar-refractivity contribution in [3.63, 3.8) is 0 Å². The molecule has 0 bridgehead atoms. The van der Waals surface area contributed by atoms with E-state index < -0.39 is 6.10 Å². The van der Waals surface area contributed by atoms with Gasteiger partial charge in [-0.05, 0) is 52.0 Å². The molecule has 0 aliphatic carbocycles. The van der Waals surface area contributed by atoms with Gasteiger partial charge >= 0.3 is 0 Å². The van der Waals surface area contributed by atoms with Gasteiger partial charge in [0.1, 0.15) is 5.75 Å². The second-order valence-corrected chi connectivity index (χ2v) is 6.39. The van der Waals surface area contributed by atoms with Gasteiger partial charge in [-0.2, -0.15) is 5.26 Å². The van der Waals surface area contributed by atoms with E-state index >= 15 is 0 Å². The van der Waals surface area contributed by atoms with Crippen LogP contribution >= 0.6 is 0 Å². The van der Waals surface area contributed by atoms with Crippen LogP contribution in [0.3, 0.4) is 0 Å². The number of hydrogen-bond donors (Lipinski definition) is 1. The molecule has 1 atom stereocenters. The van der Waals surface area contributed by atoms with Crippen molar-refractivity contribution >= 4 is 11.8 Å². The number of amides is 2. The molecule has 0 radical (unpaired) electrons. The molecule has 0 saturated carbocycles. The molecule has 0 aromatic heterocycles. The van der Waals surface area contributed by atoms with E-state index in [0.717, 1.165) is 0 Å². The summed E-state index contributed by atoms with van der Waals surface area (Å²) in [5, 5.41) is 11.5. The van der Waals surface area contributed by atoms with Crippen LogP contribution < -0.4 is 10.1 Å². The molecule has 1 N–H and O–H groups in total. The number of rotatable bonds is 5. The Morgan fingerprint density at radius 2 is 1.87 bits per heavy atom. The van der Waals surface area contributed by atoms with Gasteiger partial charge in [0, 0.05) is 12.6 Å². The first-order valence-electron chi connectivity index (χ1n) is 7.35. The predicted molar refractivity (Wildman–Crippen MR) is 86.8 cm³/mol. The lowest BCUT2D eigenvalue weighted by Gasteiger charge is -2.25. The molecule has 6 heteroatoms. The number of carbonyl (C=O) groups is 2. The van der Waals surface area contributed by atoms with E-state index in [1.165, 1.54) is 4.90 Å². The molecule has 0 aliphatic rings. The van der Waals surface area contributed by atoms with Crippen LogP contribution in [-0.2, 0) is 9.59 Å². The monoisotopic (exact) mass is 317 g/mol. The lowest BCUT2D eigenvalue weighted by molar-refractivity contribution is -0.140. The number of benzene rings is 1. The van der Waals surface area contributed by atoms with E-state index in [4.69, 9.17) is 10.00 Å². The largest absolute Gasteiger partial charge is 0.481 e. The highest BCUT2D eigenvalue weighted by atomic mass is 16.5. The van der Waals surface area contributed by atoms with E-state index in [2.05, 4.69) is 5.32 Å². The fourth-order valence-electron chi connectivity index (χ4n) is 1.92. The fourth-order valence-corrected chi connectivity index (χ4v) is 1.92. The van der Waals surface area contributed by atoms with Gasteiger partial charge < -0.3 is 15.0 Å². The van der Waals surface area contributed by atoms with Crippen molar-refractivity contribution in [1.29, 1.82) is 5.26 Å². The topological polar surface area (TPSA) is 82.4 Å². The average Bonchev–Trinajstić information content (AvgIpc) is 2.45. The quantitative estimate of drug-likeness (QED) is 0.896. The van der Waals surface area contributed by atoms with Crippen molar-refractivity contribution in [2.24, 2.45) is 0 Å². The van der Waals surface area contributed by atoms with Gasteiger partial charge in [-0.15, -0.1) is 0 Å². The van der Waals surface area contributed by atoms with Crippen LogP contribution in [0.4, 0.5) is 0 Å². The molecule has 1 rings (SSSR count). The van der Waals surface area contributed by atoms with Crippen LogP contribution in [0.1, 0.15) is 33.3 Å². The lowest BCUT2D eigenvalue weighted by Crippen LogP contribution is -2.48. The number of carbonyl (C=O) groups excluding carboxylic acids is 2. The summed E-state index contributed by atoms with van der Waals surface area (Å²) < 4.78 is 5.55. The van der Waals surface area contributed by atoms with Gasteiger partial charge in [-0.25, -0.2) is 0 Å². The van der Waals surface area contributed by atoms with E-state index in [9.17, 15) is 9.59 Å². The highest BCUT2D eigenvalue weighted by Crippen LogP contribution is 2.14. The van der Waals surface area contributed by atoms with Crippen molar-refractivity contribution in [1.82, 2.24) is 10.2 Å². The van der Waals surface area contributed by atoms with E-state index in [0.29, 0.717) is 11.3 Å². The Balaban J connectivity index is 2.58. The molecule has 1 aromatic rings. The molecule has 1 unspecified atom stereocenters. The number of nitrogens with one attached hydrogen (secondary N) is 1. The minimum absolute atomic E-state index is 0.0306. The average molecular weight is 317 g/mol. The Bertz CT molecular complexity index is 597. The normalized spacial score (nSPS) is 12.0. The SMILES string of the molecule is CC(Oc1ccc(C#N)cc1)C(=O)N(C)CC(=O)NC(C)(C)C. The van der Waals surface area contributed by atoms with Gasteiger partial charge in [0.05, 0.1) is 18.2 Å². The van der Waals surface area contributed by atoms with Gasteiger partial charge in [-0.1, -0.05) is 0 Å². The maximum atomic E-state index is 12.2. The number of hydrogen-bond acceptors (Lipinski definition) is 4. The summed E-state index contributed by atoms with van der Waals surface area (Å²) in [6, 6.07) is 8.52. The molecule has 23 heavy (non-hydrogen) atoms. The van der Waals surface area contributed by atoms with Crippen molar-refractivity contribution in [2.75, 3.05) is 13.6 Å². The number of likely N-dealkylation sites (N-methyl/N-ethyl adjacent to an activating group) is 1. The molecule has 0 aliphatic heterocycles. The third-order valence-corrected chi connectivity index (χ3v) is 2.92. The Kier molecular flexibility index (Phi) is 6.14. The molecule has 6 nitrogen and oxygen atoms in total. The smallest absolute Gasteiger partial charge is 0.263 e. The zero-order valence-corrected chi connectivity index (χ0v) is 14.2. The van der Waals surface area contributed by atoms with Crippen LogP contribution in [-0.4, -0.2) is 41.9 Å². The minimum Gasteiger partial charge on any atom is -0.481 e. The highest BCUT2D eigenvalue weighted by molar-refractivity contribution is 5.87. The maximum Gasteiger partial charge on any atom is 0.263 e. The summed E-state index contributed by atoms with van der Waals surface area (Å²) in [5.41, 5.74) is 0.179. The summed E-state index contributed by atoms with van der Waals surface area (Å²) in [4.78, 5) is 25.4. The first kappa shape index (κ1) is 18.5. The second-order valence-electron chi connectivity index (χ2n) is 6.39. The molecule has 0 spiro atoms. The van der Waals surface area contributed by atoms with Crippen molar-refractivity contribution in [2.45, 2.75) is 39.3 Å². The Labute approximate surface area is 137 Å². The summed E-state index contributed by atoms with van der Waals surface area (Å²) in [6.07, 6.45) is -0.727. The number of ether oxygens (including phenoxy) is 1. The van der Waals surface area contributed by atoms with Crippen molar-refractivity contribution < 1.29 is 14.3 Å². The molecule has 124 valence electrons. The third kappa shape index (κ3) is 6.39. The predicted octanol–water partition coefficient (Wildman–Crippen LogP) is 1.70. The Morgan fingerprint density at radius 3 is 2.35 bits per heavy atom. The lowest BCUT2D eigenvalue weighted by atomic mass is 10.1. The van der Waals surface area contributed by atoms with Gasteiger partial charge in [0.25, 0.3) is 5.91 Å². The van der Waals surface area contributed by atoms with Crippen LogP contribution in [0.5, 0.6) is 5.75 Å². The summed E-state index contributed by atoms with van der Waals surface area (Å²) >= 11 is 0. The molecule has 0 fully saturated rings. The van der Waals surface area contributed by atoms with Gasteiger partial charge in [-0.3, -0.25) is 9.59 Å². The van der Waals surface area contributed by atoms with E-state index in [-0.39, 0.29) is 23.9 Å².